The lowest BCUT2D eigenvalue weighted by Gasteiger charge is -2.23. The van der Waals surface area contributed by atoms with Crippen LogP contribution in [-0.4, -0.2) is 42.3 Å². The fourth-order valence-corrected chi connectivity index (χ4v) is 2.98. The van der Waals surface area contributed by atoms with Crippen LogP contribution in [0.5, 0.6) is 0 Å². The molecule has 0 radical (unpaired) electrons. The summed E-state index contributed by atoms with van der Waals surface area (Å²) >= 11 is 0. The lowest BCUT2D eigenvalue weighted by molar-refractivity contribution is 0.114. The molecule has 4 nitrogen and oxygen atoms in total. The highest BCUT2D eigenvalue weighted by molar-refractivity contribution is 5.73. The first-order valence-electron chi connectivity index (χ1n) is 7.79. The predicted octanol–water partition coefficient (Wildman–Crippen LogP) is 2.34. The normalized spacial score (nSPS) is 21.3. The minimum absolute atomic E-state index is 0.0539. The molecule has 0 bridgehead atoms. The molecule has 2 amide bonds. The highest BCUT2D eigenvalue weighted by Crippen LogP contribution is 2.25. The maximum Gasteiger partial charge on any atom is 0.317 e. The Morgan fingerprint density at radius 1 is 1.43 bits per heavy atom. The van der Waals surface area contributed by atoms with Gasteiger partial charge < -0.3 is 15.3 Å². The molecule has 1 aromatic carbocycles. The van der Waals surface area contributed by atoms with Crippen LogP contribution >= 0.6 is 0 Å². The molecule has 2 atom stereocenters. The predicted molar refractivity (Wildman–Crippen MR) is 84.3 cm³/mol. The smallest absolute Gasteiger partial charge is 0.317 e. The molecule has 116 valence electrons. The standard InChI is InChI=1S/C17H26N2O2/c1-13-5-3-6-14(11-13)9-10-18-17(21)19(2)12-15-7-4-8-16(15)20/h3,5-6,11,15-16,20H,4,7-10,12H2,1-2H3,(H,18,21). The van der Waals surface area contributed by atoms with Gasteiger partial charge in [0.1, 0.15) is 0 Å². The number of hydrogen-bond acceptors (Lipinski definition) is 2. The molecule has 0 aliphatic heterocycles. The number of nitrogens with one attached hydrogen (secondary N) is 1. The van der Waals surface area contributed by atoms with E-state index in [2.05, 4.69) is 30.4 Å². The Bertz CT molecular complexity index is 476. The highest BCUT2D eigenvalue weighted by Gasteiger charge is 2.27. The lowest BCUT2D eigenvalue weighted by atomic mass is 10.1. The highest BCUT2D eigenvalue weighted by atomic mass is 16.3. The second-order valence-corrected chi connectivity index (χ2v) is 6.11. The number of carbonyl (C=O) groups is 1. The van der Waals surface area contributed by atoms with Crippen molar-refractivity contribution in [3.8, 4) is 0 Å². The largest absolute Gasteiger partial charge is 0.393 e. The topological polar surface area (TPSA) is 52.6 Å². The molecule has 0 saturated heterocycles. The van der Waals surface area contributed by atoms with Crippen molar-refractivity contribution in [1.82, 2.24) is 10.2 Å². The van der Waals surface area contributed by atoms with Gasteiger partial charge in [-0.3, -0.25) is 0 Å². The monoisotopic (exact) mass is 290 g/mol. The molecule has 4 heteroatoms. The van der Waals surface area contributed by atoms with Crippen LogP contribution in [0.15, 0.2) is 24.3 Å². The Balaban J connectivity index is 1.71. The third kappa shape index (κ3) is 4.74. The third-order valence-corrected chi connectivity index (χ3v) is 4.25. The van der Waals surface area contributed by atoms with Crippen molar-refractivity contribution < 1.29 is 9.90 Å². The number of aryl methyl sites for hydroxylation is 1. The van der Waals surface area contributed by atoms with E-state index in [-0.39, 0.29) is 18.1 Å². The van der Waals surface area contributed by atoms with Crippen molar-refractivity contribution in [1.29, 1.82) is 0 Å². The van der Waals surface area contributed by atoms with E-state index in [1.165, 1.54) is 11.1 Å². The van der Waals surface area contributed by atoms with Gasteiger partial charge >= 0.3 is 6.03 Å². The third-order valence-electron chi connectivity index (χ3n) is 4.25. The van der Waals surface area contributed by atoms with Gasteiger partial charge in [0.05, 0.1) is 6.10 Å². The van der Waals surface area contributed by atoms with Crippen LogP contribution < -0.4 is 5.32 Å². The molecule has 0 spiro atoms. The second kappa shape index (κ2) is 7.46. The summed E-state index contributed by atoms with van der Waals surface area (Å²) in [4.78, 5) is 13.7. The van der Waals surface area contributed by atoms with Crippen molar-refractivity contribution in [2.75, 3.05) is 20.1 Å². The van der Waals surface area contributed by atoms with Gasteiger partial charge in [-0.25, -0.2) is 4.79 Å². The van der Waals surface area contributed by atoms with Gasteiger partial charge in [0, 0.05) is 26.1 Å². The number of benzene rings is 1. The minimum atomic E-state index is -0.243. The Hall–Kier alpha value is -1.55. The van der Waals surface area contributed by atoms with Gasteiger partial charge in [-0.15, -0.1) is 0 Å². The zero-order valence-corrected chi connectivity index (χ0v) is 13.0. The van der Waals surface area contributed by atoms with E-state index in [0.717, 1.165) is 25.7 Å². The molecule has 1 saturated carbocycles. The van der Waals surface area contributed by atoms with E-state index in [4.69, 9.17) is 0 Å². The molecule has 0 aromatic heterocycles. The van der Waals surface area contributed by atoms with E-state index < -0.39 is 0 Å². The van der Waals surface area contributed by atoms with Crippen LogP contribution in [-0.2, 0) is 6.42 Å². The van der Waals surface area contributed by atoms with Crippen molar-refractivity contribution in [2.45, 2.75) is 38.7 Å². The molecule has 21 heavy (non-hydrogen) atoms. The van der Waals surface area contributed by atoms with Crippen LogP contribution in [0, 0.1) is 12.8 Å². The van der Waals surface area contributed by atoms with Crippen LogP contribution in [0.25, 0.3) is 0 Å². The molecular weight excluding hydrogens is 264 g/mol. The molecule has 0 heterocycles. The number of aliphatic hydroxyl groups excluding tert-OH is 1. The number of urea groups is 1. The van der Waals surface area contributed by atoms with Crippen molar-refractivity contribution >= 4 is 6.03 Å². The zero-order chi connectivity index (χ0) is 15.2. The Labute approximate surface area is 127 Å². The van der Waals surface area contributed by atoms with Gasteiger partial charge in [0.2, 0.25) is 0 Å². The Morgan fingerprint density at radius 2 is 2.24 bits per heavy atom. The Morgan fingerprint density at radius 3 is 2.90 bits per heavy atom. The summed E-state index contributed by atoms with van der Waals surface area (Å²) in [5, 5.41) is 12.8. The number of nitrogens with zero attached hydrogens (tertiary/aromatic N) is 1. The molecule has 2 N–H and O–H groups in total. The van der Waals surface area contributed by atoms with Crippen LogP contribution in [0.1, 0.15) is 30.4 Å². The van der Waals surface area contributed by atoms with Crippen LogP contribution in [0.2, 0.25) is 0 Å². The van der Waals surface area contributed by atoms with Crippen LogP contribution in [0.3, 0.4) is 0 Å². The lowest BCUT2D eigenvalue weighted by Crippen LogP contribution is -2.41. The number of rotatable bonds is 5. The van der Waals surface area contributed by atoms with E-state index in [9.17, 15) is 9.90 Å². The van der Waals surface area contributed by atoms with Crippen molar-refractivity contribution in [3.63, 3.8) is 0 Å². The fraction of sp³-hybridized carbons (Fsp3) is 0.588. The number of aliphatic hydroxyl groups is 1. The molecule has 2 rings (SSSR count). The van der Waals surface area contributed by atoms with Crippen molar-refractivity contribution in [2.24, 2.45) is 5.92 Å². The van der Waals surface area contributed by atoms with E-state index in [0.29, 0.717) is 13.1 Å². The van der Waals surface area contributed by atoms with Crippen molar-refractivity contribution in [3.05, 3.63) is 35.4 Å². The maximum absolute atomic E-state index is 12.0. The molecule has 1 fully saturated rings. The average molecular weight is 290 g/mol. The quantitative estimate of drug-likeness (QED) is 0.874. The molecule has 1 aromatic rings. The first kappa shape index (κ1) is 15.8. The van der Waals surface area contributed by atoms with Gasteiger partial charge in [0.15, 0.2) is 0 Å². The number of hydrogen-bond donors (Lipinski definition) is 2. The first-order valence-corrected chi connectivity index (χ1v) is 7.79. The number of amides is 2. The SMILES string of the molecule is Cc1cccc(CCNC(=O)N(C)CC2CCCC2O)c1. The van der Waals surface area contributed by atoms with Crippen LogP contribution in [0.4, 0.5) is 4.79 Å². The summed E-state index contributed by atoms with van der Waals surface area (Å²) in [5.74, 6) is 0.234. The minimum Gasteiger partial charge on any atom is -0.393 e. The first-order chi connectivity index (χ1) is 10.1. The van der Waals surface area contributed by atoms with E-state index in [1.54, 1.807) is 11.9 Å². The summed E-state index contributed by atoms with van der Waals surface area (Å²) in [6.45, 7) is 3.35. The zero-order valence-electron chi connectivity index (χ0n) is 13.0. The Kier molecular flexibility index (Phi) is 5.62. The number of carbonyl (C=O) groups excluding carboxylic acids is 1. The summed E-state index contributed by atoms with van der Waals surface area (Å²) in [7, 11) is 1.80. The molecule has 2 unspecified atom stereocenters. The average Bonchev–Trinajstić information content (AvgIpc) is 2.84. The van der Waals surface area contributed by atoms with E-state index in [1.807, 2.05) is 6.07 Å². The molecule has 1 aliphatic carbocycles. The van der Waals surface area contributed by atoms with E-state index >= 15 is 0 Å². The van der Waals surface area contributed by atoms with Gasteiger partial charge in [-0.05, 0) is 31.7 Å². The summed E-state index contributed by atoms with van der Waals surface area (Å²) < 4.78 is 0. The van der Waals surface area contributed by atoms with Gasteiger partial charge in [-0.2, -0.15) is 0 Å². The summed E-state index contributed by atoms with van der Waals surface area (Å²) in [5.41, 5.74) is 2.48. The van der Waals surface area contributed by atoms with Gasteiger partial charge in [0.25, 0.3) is 0 Å². The maximum atomic E-state index is 12.0. The molecule has 1 aliphatic rings. The fourth-order valence-electron chi connectivity index (χ4n) is 2.98. The van der Waals surface area contributed by atoms with Gasteiger partial charge in [-0.1, -0.05) is 36.2 Å². The summed E-state index contributed by atoms with van der Waals surface area (Å²) in [6.07, 6.45) is 3.55. The summed E-state index contributed by atoms with van der Waals surface area (Å²) in [6, 6.07) is 8.28. The second-order valence-electron chi connectivity index (χ2n) is 6.11. The molecular formula is C17H26N2O2.